The van der Waals surface area contributed by atoms with Gasteiger partial charge in [0, 0.05) is 32.3 Å². The second-order valence-corrected chi connectivity index (χ2v) is 9.03. The largest absolute Gasteiger partial charge is 0.497 e. The van der Waals surface area contributed by atoms with E-state index in [1.807, 2.05) is 0 Å². The van der Waals surface area contributed by atoms with E-state index in [-0.39, 0.29) is 41.7 Å². The third kappa shape index (κ3) is 4.30. The van der Waals surface area contributed by atoms with Gasteiger partial charge in [-0.1, -0.05) is 5.10 Å². The molecule has 1 N–H and O–H groups in total. The number of hydrogen-bond donors (Lipinski definition) is 1. The van der Waals surface area contributed by atoms with Crippen molar-refractivity contribution in [1.29, 1.82) is 0 Å². The number of nitrogens with one attached hydrogen (secondary N) is 1. The van der Waals surface area contributed by atoms with Gasteiger partial charge in [0.1, 0.15) is 11.4 Å². The average Bonchev–Trinajstić information content (AvgIpc) is 3.42. The van der Waals surface area contributed by atoms with Crippen molar-refractivity contribution in [3.8, 4) is 17.3 Å². The highest BCUT2D eigenvalue weighted by molar-refractivity contribution is 7.89. The minimum Gasteiger partial charge on any atom is -0.497 e. The molecule has 1 fully saturated rings. The highest BCUT2D eigenvalue weighted by atomic mass is 32.2. The third-order valence-corrected chi connectivity index (χ3v) is 7.13. The number of sulfonamides is 1. The summed E-state index contributed by atoms with van der Waals surface area (Å²) in [6, 6.07) is 7.96. The quantitative estimate of drug-likeness (QED) is 0.603. The molecule has 0 radical (unpaired) electrons. The maximum absolute atomic E-state index is 12.8. The molecule has 2 aromatic heterocycles. The van der Waals surface area contributed by atoms with E-state index in [0.717, 1.165) is 0 Å². The Morgan fingerprint density at radius 2 is 1.87 bits per heavy atom. The lowest BCUT2D eigenvalue weighted by atomic mass is 9.97. The molecule has 1 aromatic carbocycles. The first-order valence-electron chi connectivity index (χ1n) is 9.65. The van der Waals surface area contributed by atoms with Gasteiger partial charge in [0.25, 0.3) is 5.89 Å². The van der Waals surface area contributed by atoms with Crippen molar-refractivity contribution in [3.05, 3.63) is 36.5 Å². The highest BCUT2D eigenvalue weighted by Crippen LogP contribution is 2.26. The van der Waals surface area contributed by atoms with Gasteiger partial charge in [0.15, 0.2) is 0 Å². The molecule has 1 aliphatic rings. The third-order valence-electron chi connectivity index (χ3n) is 5.22. The number of amides is 1. The number of nitrogens with zero attached hydrogens (tertiary/aromatic N) is 5. The zero-order valence-electron chi connectivity index (χ0n) is 17.1. The number of methoxy groups -OCH3 is 1. The number of ether oxygens (including phenoxy) is 1. The molecule has 3 aromatic rings. The number of carbonyl (C=O) groups is 1. The van der Waals surface area contributed by atoms with Gasteiger partial charge >= 0.3 is 6.01 Å². The van der Waals surface area contributed by atoms with Gasteiger partial charge in [-0.15, -0.1) is 5.10 Å². The summed E-state index contributed by atoms with van der Waals surface area (Å²) in [6.07, 6.45) is 2.39. The number of aromatic nitrogens is 4. The van der Waals surface area contributed by atoms with E-state index >= 15 is 0 Å². The van der Waals surface area contributed by atoms with E-state index in [0.29, 0.717) is 24.3 Å². The standard InChI is InChI=1S/C19H22N6O5S/c1-24-16(7-10-20-24)18-22-23-19(30-18)21-17(26)13-8-11-25(12-9-13)31(27,28)15-5-3-14(29-2)4-6-15/h3-7,10,13H,8-9,11-12H2,1-2H3,(H,21,23,26). The minimum absolute atomic E-state index is 0.00511. The molecule has 0 saturated carbocycles. The van der Waals surface area contributed by atoms with Crippen LogP contribution in [0.25, 0.3) is 11.6 Å². The summed E-state index contributed by atoms with van der Waals surface area (Å²) in [5.74, 6) is 0.202. The van der Waals surface area contributed by atoms with Crippen LogP contribution in [-0.2, 0) is 21.9 Å². The van der Waals surface area contributed by atoms with Gasteiger partial charge < -0.3 is 9.15 Å². The van der Waals surface area contributed by atoms with Gasteiger partial charge in [-0.05, 0) is 43.2 Å². The van der Waals surface area contributed by atoms with E-state index in [2.05, 4.69) is 20.6 Å². The van der Waals surface area contributed by atoms with Crippen LogP contribution in [0.1, 0.15) is 12.8 Å². The van der Waals surface area contributed by atoms with Gasteiger partial charge in [-0.3, -0.25) is 14.8 Å². The smallest absolute Gasteiger partial charge is 0.322 e. The van der Waals surface area contributed by atoms with Crippen LogP contribution in [0, 0.1) is 5.92 Å². The minimum atomic E-state index is -3.62. The van der Waals surface area contributed by atoms with Crippen molar-refractivity contribution in [1.82, 2.24) is 24.3 Å². The Balaban J connectivity index is 1.35. The molecule has 4 rings (SSSR count). The SMILES string of the molecule is COc1ccc(S(=O)(=O)N2CCC(C(=O)Nc3nnc(-c4ccnn4C)o3)CC2)cc1. The Labute approximate surface area is 179 Å². The Morgan fingerprint density at radius 1 is 1.16 bits per heavy atom. The van der Waals surface area contributed by atoms with Crippen molar-refractivity contribution >= 4 is 21.9 Å². The van der Waals surface area contributed by atoms with Crippen molar-refractivity contribution in [3.63, 3.8) is 0 Å². The lowest BCUT2D eigenvalue weighted by Crippen LogP contribution is -2.41. The maximum Gasteiger partial charge on any atom is 0.322 e. The molecule has 164 valence electrons. The van der Waals surface area contributed by atoms with Crippen molar-refractivity contribution in [2.45, 2.75) is 17.7 Å². The average molecular weight is 446 g/mol. The lowest BCUT2D eigenvalue weighted by molar-refractivity contribution is -0.121. The summed E-state index contributed by atoms with van der Waals surface area (Å²) in [5.41, 5.74) is 0.630. The number of aryl methyl sites for hydroxylation is 1. The van der Waals surface area contributed by atoms with E-state index in [1.165, 1.54) is 23.5 Å². The van der Waals surface area contributed by atoms with Crippen LogP contribution in [0.4, 0.5) is 6.01 Å². The summed E-state index contributed by atoms with van der Waals surface area (Å²) in [4.78, 5) is 12.8. The Bertz CT molecular complexity index is 1160. The van der Waals surface area contributed by atoms with Gasteiger partial charge in [0.05, 0.1) is 12.0 Å². The van der Waals surface area contributed by atoms with Crippen molar-refractivity contribution in [2.75, 3.05) is 25.5 Å². The Kier molecular flexibility index (Phi) is 5.74. The van der Waals surface area contributed by atoms with Crippen LogP contribution in [0.2, 0.25) is 0 Å². The second kappa shape index (κ2) is 8.47. The molecule has 1 amide bonds. The molecule has 1 saturated heterocycles. The fourth-order valence-corrected chi connectivity index (χ4v) is 4.89. The normalized spacial score (nSPS) is 15.7. The summed E-state index contributed by atoms with van der Waals surface area (Å²) in [6.45, 7) is 0.493. The Morgan fingerprint density at radius 3 is 2.48 bits per heavy atom. The predicted molar refractivity (Wildman–Crippen MR) is 110 cm³/mol. The molecule has 0 spiro atoms. The fraction of sp³-hybridized carbons (Fsp3) is 0.368. The van der Waals surface area contributed by atoms with Crippen molar-refractivity contribution in [2.24, 2.45) is 13.0 Å². The van der Waals surface area contributed by atoms with Crippen LogP contribution in [0.5, 0.6) is 5.75 Å². The molecule has 3 heterocycles. The number of benzene rings is 1. The van der Waals surface area contributed by atoms with Crippen LogP contribution >= 0.6 is 0 Å². The molecular weight excluding hydrogens is 424 g/mol. The number of rotatable bonds is 6. The molecule has 0 unspecified atom stereocenters. The van der Waals surface area contributed by atoms with Crippen molar-refractivity contribution < 1.29 is 22.4 Å². The van der Waals surface area contributed by atoms with E-state index in [4.69, 9.17) is 9.15 Å². The lowest BCUT2D eigenvalue weighted by Gasteiger charge is -2.30. The van der Waals surface area contributed by atoms with Gasteiger partial charge in [0.2, 0.25) is 15.9 Å². The number of hydrogen-bond acceptors (Lipinski definition) is 8. The molecule has 0 aliphatic carbocycles. The molecule has 0 atom stereocenters. The monoisotopic (exact) mass is 446 g/mol. The first-order chi connectivity index (χ1) is 14.9. The highest BCUT2D eigenvalue weighted by Gasteiger charge is 2.32. The van der Waals surface area contributed by atoms with E-state index in [1.54, 1.807) is 36.1 Å². The molecule has 31 heavy (non-hydrogen) atoms. The second-order valence-electron chi connectivity index (χ2n) is 7.10. The number of carbonyl (C=O) groups excluding carboxylic acids is 1. The molecule has 0 bridgehead atoms. The van der Waals surface area contributed by atoms with Crippen LogP contribution in [0.3, 0.4) is 0 Å². The summed E-state index contributed by atoms with van der Waals surface area (Å²) >= 11 is 0. The fourth-order valence-electron chi connectivity index (χ4n) is 3.42. The van der Waals surface area contributed by atoms with Gasteiger partial charge in [-0.2, -0.15) is 9.40 Å². The topological polar surface area (TPSA) is 132 Å². The van der Waals surface area contributed by atoms with Crippen LogP contribution in [-0.4, -0.2) is 58.8 Å². The first-order valence-corrected chi connectivity index (χ1v) is 11.1. The maximum atomic E-state index is 12.8. The summed E-state index contributed by atoms with van der Waals surface area (Å²) < 4.78 is 39.2. The number of piperidine rings is 1. The summed E-state index contributed by atoms with van der Waals surface area (Å²) in [5, 5.41) is 14.4. The predicted octanol–water partition coefficient (Wildman–Crippen LogP) is 1.52. The van der Waals surface area contributed by atoms with Crippen LogP contribution in [0.15, 0.2) is 45.8 Å². The molecule has 1 aliphatic heterocycles. The molecule has 12 heteroatoms. The molecule has 11 nitrogen and oxygen atoms in total. The van der Waals surface area contributed by atoms with Gasteiger partial charge in [-0.25, -0.2) is 8.42 Å². The Hall–Kier alpha value is -3.25. The van der Waals surface area contributed by atoms with Crippen LogP contribution < -0.4 is 10.1 Å². The summed E-state index contributed by atoms with van der Waals surface area (Å²) in [7, 11) is -0.361. The zero-order valence-corrected chi connectivity index (χ0v) is 17.9. The molecular formula is C19H22N6O5S. The first kappa shape index (κ1) is 21.0. The van der Waals surface area contributed by atoms with E-state index in [9.17, 15) is 13.2 Å². The number of anilines is 1. The zero-order chi connectivity index (χ0) is 22.0. The van der Waals surface area contributed by atoms with E-state index < -0.39 is 10.0 Å².